The highest BCUT2D eigenvalue weighted by atomic mass is 16.5. The lowest BCUT2D eigenvalue weighted by molar-refractivity contribution is -0.117. The molecule has 0 radical (unpaired) electrons. The van der Waals surface area contributed by atoms with Crippen LogP contribution >= 0.6 is 0 Å². The van der Waals surface area contributed by atoms with Gasteiger partial charge in [0.1, 0.15) is 6.54 Å². The number of anilines is 1. The molecule has 1 fully saturated rings. The van der Waals surface area contributed by atoms with Gasteiger partial charge in [0.25, 0.3) is 5.91 Å². The third-order valence-electron chi connectivity index (χ3n) is 5.21. The van der Waals surface area contributed by atoms with Gasteiger partial charge >= 0.3 is 0 Å². The van der Waals surface area contributed by atoms with Crippen molar-refractivity contribution in [2.24, 2.45) is 0 Å². The van der Waals surface area contributed by atoms with Crippen molar-refractivity contribution < 1.29 is 14.3 Å². The van der Waals surface area contributed by atoms with Crippen LogP contribution in [0, 0.1) is 25.2 Å². The molecule has 2 aromatic carbocycles. The van der Waals surface area contributed by atoms with E-state index in [9.17, 15) is 9.59 Å². The molecular formula is C23H25N3O3. The normalized spacial score (nSPS) is 15.6. The molecule has 29 heavy (non-hydrogen) atoms. The molecule has 1 heterocycles. The van der Waals surface area contributed by atoms with Gasteiger partial charge in [0.15, 0.2) is 0 Å². The van der Waals surface area contributed by atoms with Crippen LogP contribution in [0.1, 0.15) is 39.9 Å². The van der Waals surface area contributed by atoms with E-state index in [0.29, 0.717) is 24.3 Å². The van der Waals surface area contributed by atoms with Crippen LogP contribution in [0.15, 0.2) is 42.5 Å². The summed E-state index contributed by atoms with van der Waals surface area (Å²) < 4.78 is 5.67. The average Bonchev–Trinajstić information content (AvgIpc) is 3.23. The van der Waals surface area contributed by atoms with Crippen LogP contribution in [-0.2, 0) is 9.53 Å². The SMILES string of the molecule is Cc1cccc(NC(=O)CN(CC2CCCO2)C(=O)c2ccc(C#N)cc2)c1C. The second kappa shape index (κ2) is 9.35. The fourth-order valence-electron chi connectivity index (χ4n) is 3.37. The highest BCUT2D eigenvalue weighted by molar-refractivity contribution is 5.99. The Hall–Kier alpha value is -3.17. The number of aryl methyl sites for hydroxylation is 1. The van der Waals surface area contributed by atoms with E-state index >= 15 is 0 Å². The first-order valence-electron chi connectivity index (χ1n) is 9.75. The van der Waals surface area contributed by atoms with Crippen molar-refractivity contribution >= 4 is 17.5 Å². The molecule has 3 rings (SSSR count). The summed E-state index contributed by atoms with van der Waals surface area (Å²) in [7, 11) is 0. The Bertz CT molecular complexity index is 925. The number of hydrogen-bond donors (Lipinski definition) is 1. The molecule has 0 aliphatic carbocycles. The number of ether oxygens (including phenoxy) is 1. The van der Waals surface area contributed by atoms with Crippen molar-refractivity contribution in [1.82, 2.24) is 4.90 Å². The summed E-state index contributed by atoms with van der Waals surface area (Å²) >= 11 is 0. The summed E-state index contributed by atoms with van der Waals surface area (Å²) in [5, 5.41) is 11.9. The number of rotatable bonds is 6. The van der Waals surface area contributed by atoms with E-state index < -0.39 is 0 Å². The lowest BCUT2D eigenvalue weighted by Crippen LogP contribution is -2.42. The molecule has 1 aliphatic heterocycles. The van der Waals surface area contributed by atoms with Gasteiger partial charge in [-0.1, -0.05) is 12.1 Å². The molecule has 0 aromatic heterocycles. The quantitative estimate of drug-likeness (QED) is 0.818. The van der Waals surface area contributed by atoms with Gasteiger partial charge in [-0.05, 0) is 68.1 Å². The summed E-state index contributed by atoms with van der Waals surface area (Å²) in [6.45, 7) is 4.92. The number of amides is 2. The van der Waals surface area contributed by atoms with Crippen molar-refractivity contribution in [2.75, 3.05) is 25.0 Å². The molecule has 2 amide bonds. The molecule has 6 nitrogen and oxygen atoms in total. The van der Waals surface area contributed by atoms with Gasteiger partial charge in [0.2, 0.25) is 5.91 Å². The Balaban J connectivity index is 1.75. The minimum atomic E-state index is -0.251. The monoisotopic (exact) mass is 391 g/mol. The molecule has 1 aliphatic rings. The number of carbonyl (C=O) groups excluding carboxylic acids is 2. The highest BCUT2D eigenvalue weighted by Crippen LogP contribution is 2.19. The smallest absolute Gasteiger partial charge is 0.254 e. The van der Waals surface area contributed by atoms with Crippen LogP contribution in [-0.4, -0.2) is 42.5 Å². The molecule has 1 N–H and O–H groups in total. The molecule has 0 bridgehead atoms. The minimum Gasteiger partial charge on any atom is -0.376 e. The van der Waals surface area contributed by atoms with Gasteiger partial charge in [-0.25, -0.2) is 0 Å². The second-order valence-corrected chi connectivity index (χ2v) is 7.31. The molecule has 0 spiro atoms. The molecule has 150 valence electrons. The van der Waals surface area contributed by atoms with Crippen LogP contribution in [0.5, 0.6) is 0 Å². The summed E-state index contributed by atoms with van der Waals surface area (Å²) in [4.78, 5) is 27.3. The summed E-state index contributed by atoms with van der Waals surface area (Å²) in [5.41, 5.74) is 3.77. The Morgan fingerprint density at radius 2 is 1.97 bits per heavy atom. The summed E-state index contributed by atoms with van der Waals surface area (Å²) in [6, 6.07) is 14.2. The van der Waals surface area contributed by atoms with Gasteiger partial charge in [0, 0.05) is 24.4 Å². The van der Waals surface area contributed by atoms with Crippen molar-refractivity contribution in [3.8, 4) is 6.07 Å². The van der Waals surface area contributed by atoms with Gasteiger partial charge in [-0.3, -0.25) is 9.59 Å². The molecule has 1 saturated heterocycles. The van der Waals surface area contributed by atoms with Gasteiger partial charge in [0.05, 0.1) is 17.7 Å². The minimum absolute atomic E-state index is 0.0634. The van der Waals surface area contributed by atoms with E-state index in [-0.39, 0.29) is 24.5 Å². The third-order valence-corrected chi connectivity index (χ3v) is 5.21. The van der Waals surface area contributed by atoms with Crippen molar-refractivity contribution in [2.45, 2.75) is 32.8 Å². The van der Waals surface area contributed by atoms with Crippen LogP contribution in [0.3, 0.4) is 0 Å². The Morgan fingerprint density at radius 3 is 2.62 bits per heavy atom. The molecule has 1 unspecified atom stereocenters. The van der Waals surface area contributed by atoms with Crippen molar-refractivity contribution in [1.29, 1.82) is 5.26 Å². The van der Waals surface area contributed by atoms with Gasteiger partial charge in [-0.2, -0.15) is 5.26 Å². The topological polar surface area (TPSA) is 82.4 Å². The number of nitriles is 1. The number of benzene rings is 2. The van der Waals surface area contributed by atoms with Crippen LogP contribution in [0.25, 0.3) is 0 Å². The lowest BCUT2D eigenvalue weighted by Gasteiger charge is -2.25. The standard InChI is InChI=1S/C23H25N3O3/c1-16-5-3-7-21(17(16)2)25-22(27)15-26(14-20-6-4-12-29-20)23(28)19-10-8-18(13-24)9-11-19/h3,5,7-11,20H,4,6,12,14-15H2,1-2H3,(H,25,27). The molecule has 0 saturated carbocycles. The first-order chi connectivity index (χ1) is 14.0. The van der Waals surface area contributed by atoms with Crippen LogP contribution in [0.2, 0.25) is 0 Å². The fourth-order valence-corrected chi connectivity index (χ4v) is 3.37. The maximum Gasteiger partial charge on any atom is 0.254 e. The molecular weight excluding hydrogens is 366 g/mol. The number of nitrogens with one attached hydrogen (secondary N) is 1. The number of carbonyl (C=O) groups is 2. The van der Waals surface area contributed by atoms with Gasteiger partial charge in [-0.15, -0.1) is 0 Å². The predicted molar refractivity (Wildman–Crippen MR) is 111 cm³/mol. The number of nitrogens with zero attached hydrogens (tertiary/aromatic N) is 2. The molecule has 1 atom stereocenters. The summed E-state index contributed by atoms with van der Waals surface area (Å²) in [6.07, 6.45) is 1.76. The predicted octanol–water partition coefficient (Wildman–Crippen LogP) is 3.44. The number of hydrogen-bond acceptors (Lipinski definition) is 4. The Morgan fingerprint density at radius 1 is 1.21 bits per heavy atom. The van der Waals surface area contributed by atoms with E-state index in [1.54, 1.807) is 24.3 Å². The lowest BCUT2D eigenvalue weighted by atomic mass is 10.1. The third kappa shape index (κ3) is 5.21. The molecule has 6 heteroatoms. The molecule has 2 aromatic rings. The highest BCUT2D eigenvalue weighted by Gasteiger charge is 2.25. The van der Waals surface area contributed by atoms with Crippen molar-refractivity contribution in [3.63, 3.8) is 0 Å². The average molecular weight is 391 g/mol. The zero-order chi connectivity index (χ0) is 20.8. The van der Waals surface area contributed by atoms with Crippen molar-refractivity contribution in [3.05, 3.63) is 64.7 Å². The van der Waals surface area contributed by atoms with E-state index in [1.807, 2.05) is 38.1 Å². The fraction of sp³-hybridized carbons (Fsp3) is 0.348. The van der Waals surface area contributed by atoms with Gasteiger partial charge < -0.3 is 15.0 Å². The maximum absolute atomic E-state index is 13.0. The first-order valence-corrected chi connectivity index (χ1v) is 9.75. The second-order valence-electron chi connectivity index (χ2n) is 7.31. The Kier molecular flexibility index (Phi) is 6.63. The van der Waals surface area contributed by atoms with Crippen LogP contribution < -0.4 is 5.32 Å². The van der Waals surface area contributed by atoms with E-state index in [1.165, 1.54) is 4.90 Å². The van der Waals surface area contributed by atoms with E-state index in [0.717, 1.165) is 29.7 Å². The van der Waals surface area contributed by atoms with E-state index in [2.05, 4.69) is 5.32 Å². The van der Waals surface area contributed by atoms with Crippen LogP contribution in [0.4, 0.5) is 5.69 Å². The largest absolute Gasteiger partial charge is 0.376 e. The Labute approximate surface area is 171 Å². The first kappa shape index (κ1) is 20.6. The zero-order valence-corrected chi connectivity index (χ0v) is 16.8. The zero-order valence-electron chi connectivity index (χ0n) is 16.8. The summed E-state index contributed by atoms with van der Waals surface area (Å²) in [5.74, 6) is -0.500. The van der Waals surface area contributed by atoms with E-state index in [4.69, 9.17) is 10.00 Å². The maximum atomic E-state index is 13.0.